The van der Waals surface area contributed by atoms with Crippen LogP contribution in [0.4, 0.5) is 0 Å². The Labute approximate surface area is 96.1 Å². The molecule has 84 valence electrons. The van der Waals surface area contributed by atoms with E-state index in [1.54, 1.807) is 0 Å². The molecule has 1 fully saturated rings. The normalized spacial score (nSPS) is 18.2. The maximum absolute atomic E-state index is 4.16. The number of aromatic nitrogens is 2. The Morgan fingerprint density at radius 1 is 1.31 bits per heavy atom. The molecule has 1 aromatic heterocycles. The standard InChI is InChI=1S/C14H18N2/c1-9(2)13-10-8-15-16-12(10)5-4-11(13)14(3)6-7-14/h4-5,8-9H,6-7H2,1-3H3,(H,15,16). The highest BCUT2D eigenvalue weighted by atomic mass is 15.1. The fraction of sp³-hybridized carbons (Fsp3) is 0.500. The van der Waals surface area contributed by atoms with E-state index in [0.717, 1.165) is 5.52 Å². The van der Waals surface area contributed by atoms with Crippen LogP contribution in [-0.4, -0.2) is 10.2 Å². The molecule has 1 N–H and O–H groups in total. The van der Waals surface area contributed by atoms with E-state index < -0.39 is 0 Å². The quantitative estimate of drug-likeness (QED) is 0.810. The molecule has 1 heterocycles. The summed E-state index contributed by atoms with van der Waals surface area (Å²) in [7, 11) is 0. The Kier molecular flexibility index (Phi) is 1.91. The second kappa shape index (κ2) is 3.09. The number of aromatic amines is 1. The molecule has 1 saturated carbocycles. The largest absolute Gasteiger partial charge is 0.278 e. The van der Waals surface area contributed by atoms with Crippen molar-refractivity contribution in [3.63, 3.8) is 0 Å². The molecule has 0 saturated heterocycles. The number of nitrogens with zero attached hydrogens (tertiary/aromatic N) is 1. The highest BCUT2D eigenvalue weighted by molar-refractivity contribution is 5.84. The van der Waals surface area contributed by atoms with Crippen LogP contribution in [-0.2, 0) is 5.41 Å². The van der Waals surface area contributed by atoms with Crippen molar-refractivity contribution in [3.8, 4) is 0 Å². The molecule has 1 aliphatic carbocycles. The lowest BCUT2D eigenvalue weighted by Gasteiger charge is -2.18. The van der Waals surface area contributed by atoms with Crippen molar-refractivity contribution in [1.82, 2.24) is 10.2 Å². The van der Waals surface area contributed by atoms with E-state index in [1.807, 2.05) is 6.20 Å². The molecular formula is C14H18N2. The molecule has 2 nitrogen and oxygen atoms in total. The maximum Gasteiger partial charge on any atom is 0.0653 e. The molecule has 0 amide bonds. The minimum absolute atomic E-state index is 0.436. The predicted molar refractivity (Wildman–Crippen MR) is 66.8 cm³/mol. The summed E-state index contributed by atoms with van der Waals surface area (Å²) in [5.74, 6) is 0.564. The van der Waals surface area contributed by atoms with Crippen LogP contribution in [0.1, 0.15) is 50.7 Å². The summed E-state index contributed by atoms with van der Waals surface area (Å²) < 4.78 is 0. The molecule has 0 aliphatic heterocycles. The van der Waals surface area contributed by atoms with Crippen molar-refractivity contribution < 1.29 is 0 Å². The Hall–Kier alpha value is -1.31. The number of hydrogen-bond acceptors (Lipinski definition) is 1. The van der Waals surface area contributed by atoms with Crippen LogP contribution < -0.4 is 0 Å². The predicted octanol–water partition coefficient (Wildman–Crippen LogP) is 3.74. The smallest absolute Gasteiger partial charge is 0.0653 e. The van der Waals surface area contributed by atoms with E-state index in [1.165, 1.54) is 29.4 Å². The summed E-state index contributed by atoms with van der Waals surface area (Å²) in [6, 6.07) is 4.47. The van der Waals surface area contributed by atoms with Gasteiger partial charge in [-0.1, -0.05) is 26.8 Å². The number of hydrogen-bond donors (Lipinski definition) is 1. The fourth-order valence-electron chi connectivity index (χ4n) is 2.64. The average molecular weight is 214 g/mol. The molecule has 1 aliphatic rings. The summed E-state index contributed by atoms with van der Waals surface area (Å²) in [5, 5.41) is 8.53. The SMILES string of the molecule is CC(C)c1c(C2(C)CC2)ccc2[nH]ncc12. The molecule has 0 bridgehead atoms. The summed E-state index contributed by atoms with van der Waals surface area (Å²) in [6.07, 6.45) is 4.63. The molecule has 1 aromatic carbocycles. The van der Waals surface area contributed by atoms with Crippen molar-refractivity contribution >= 4 is 10.9 Å². The molecule has 0 atom stereocenters. The van der Waals surface area contributed by atoms with Gasteiger partial charge in [-0.25, -0.2) is 0 Å². The molecule has 0 unspecified atom stereocenters. The third-order valence-electron chi connectivity index (χ3n) is 3.89. The van der Waals surface area contributed by atoms with E-state index in [0.29, 0.717) is 11.3 Å². The van der Waals surface area contributed by atoms with Crippen molar-refractivity contribution in [2.45, 2.75) is 44.9 Å². The van der Waals surface area contributed by atoms with Gasteiger partial charge in [0.15, 0.2) is 0 Å². The van der Waals surface area contributed by atoms with Crippen LogP contribution in [0.5, 0.6) is 0 Å². The van der Waals surface area contributed by atoms with Gasteiger partial charge in [-0.15, -0.1) is 0 Å². The first kappa shape index (κ1) is 9.88. The van der Waals surface area contributed by atoms with Crippen LogP contribution in [0.3, 0.4) is 0 Å². The van der Waals surface area contributed by atoms with Gasteiger partial charge in [-0.05, 0) is 41.4 Å². The van der Waals surface area contributed by atoms with Gasteiger partial charge >= 0.3 is 0 Å². The number of nitrogens with one attached hydrogen (secondary N) is 1. The lowest BCUT2D eigenvalue weighted by molar-refractivity contribution is 0.747. The molecule has 16 heavy (non-hydrogen) atoms. The molecule has 0 spiro atoms. The van der Waals surface area contributed by atoms with Crippen molar-refractivity contribution in [2.24, 2.45) is 0 Å². The molecule has 2 heteroatoms. The zero-order valence-corrected chi connectivity index (χ0v) is 10.2. The molecule has 0 radical (unpaired) electrons. The van der Waals surface area contributed by atoms with Crippen molar-refractivity contribution in [1.29, 1.82) is 0 Å². The highest BCUT2D eigenvalue weighted by Gasteiger charge is 2.41. The summed E-state index contributed by atoms with van der Waals surface area (Å²) in [5.41, 5.74) is 4.63. The van der Waals surface area contributed by atoms with Crippen LogP contribution >= 0.6 is 0 Å². The van der Waals surface area contributed by atoms with Gasteiger partial charge in [0.25, 0.3) is 0 Å². The first-order valence-electron chi connectivity index (χ1n) is 6.08. The number of H-pyrrole nitrogens is 1. The molecule has 2 aromatic rings. The topological polar surface area (TPSA) is 28.7 Å². The van der Waals surface area contributed by atoms with Crippen LogP contribution in [0.2, 0.25) is 0 Å². The zero-order valence-electron chi connectivity index (χ0n) is 10.2. The van der Waals surface area contributed by atoms with E-state index in [4.69, 9.17) is 0 Å². The van der Waals surface area contributed by atoms with Gasteiger partial charge in [0.2, 0.25) is 0 Å². The van der Waals surface area contributed by atoms with E-state index >= 15 is 0 Å². The summed E-state index contributed by atoms with van der Waals surface area (Å²) in [6.45, 7) is 6.92. The Morgan fingerprint density at radius 2 is 2.06 bits per heavy atom. The second-order valence-electron chi connectivity index (χ2n) is 5.57. The lowest BCUT2D eigenvalue weighted by Crippen LogP contribution is -2.06. The Bertz CT molecular complexity index is 533. The van der Waals surface area contributed by atoms with E-state index in [-0.39, 0.29) is 0 Å². The second-order valence-corrected chi connectivity index (χ2v) is 5.57. The molecular weight excluding hydrogens is 196 g/mol. The fourth-order valence-corrected chi connectivity index (χ4v) is 2.64. The Balaban J connectivity index is 2.31. The lowest BCUT2D eigenvalue weighted by atomic mass is 9.86. The first-order valence-corrected chi connectivity index (χ1v) is 6.08. The molecule has 3 rings (SSSR count). The van der Waals surface area contributed by atoms with Gasteiger partial charge in [-0.3, -0.25) is 5.10 Å². The van der Waals surface area contributed by atoms with Crippen molar-refractivity contribution in [2.75, 3.05) is 0 Å². The minimum Gasteiger partial charge on any atom is -0.278 e. The average Bonchev–Trinajstić information content (AvgIpc) is 2.82. The van der Waals surface area contributed by atoms with Gasteiger partial charge < -0.3 is 0 Å². The maximum atomic E-state index is 4.16. The number of benzene rings is 1. The van der Waals surface area contributed by atoms with Gasteiger partial charge in [0, 0.05) is 5.39 Å². The monoisotopic (exact) mass is 214 g/mol. The highest BCUT2D eigenvalue weighted by Crippen LogP contribution is 2.50. The minimum atomic E-state index is 0.436. The van der Waals surface area contributed by atoms with Gasteiger partial charge in [0.05, 0.1) is 11.7 Å². The third-order valence-corrected chi connectivity index (χ3v) is 3.89. The van der Waals surface area contributed by atoms with E-state index in [2.05, 4.69) is 43.1 Å². The number of fused-ring (bicyclic) bond motifs is 1. The van der Waals surface area contributed by atoms with Crippen LogP contribution in [0, 0.1) is 0 Å². The summed E-state index contributed by atoms with van der Waals surface area (Å²) in [4.78, 5) is 0. The van der Waals surface area contributed by atoms with E-state index in [9.17, 15) is 0 Å². The van der Waals surface area contributed by atoms with Gasteiger partial charge in [-0.2, -0.15) is 5.10 Å². The van der Waals surface area contributed by atoms with Gasteiger partial charge in [0.1, 0.15) is 0 Å². The first-order chi connectivity index (χ1) is 7.62. The van der Waals surface area contributed by atoms with Crippen LogP contribution in [0.15, 0.2) is 18.3 Å². The Morgan fingerprint density at radius 3 is 2.69 bits per heavy atom. The number of rotatable bonds is 2. The van der Waals surface area contributed by atoms with Crippen molar-refractivity contribution in [3.05, 3.63) is 29.5 Å². The zero-order chi connectivity index (χ0) is 11.3. The summed E-state index contributed by atoms with van der Waals surface area (Å²) >= 11 is 0. The van der Waals surface area contributed by atoms with Crippen LogP contribution in [0.25, 0.3) is 10.9 Å². The third kappa shape index (κ3) is 1.29.